The fourth-order valence-electron chi connectivity index (χ4n) is 2.89. The summed E-state index contributed by atoms with van der Waals surface area (Å²) in [6.07, 6.45) is 4.56. The van der Waals surface area contributed by atoms with Crippen molar-refractivity contribution >= 4 is 11.9 Å². The van der Waals surface area contributed by atoms with Crippen LogP contribution in [-0.4, -0.2) is 35.1 Å². The maximum absolute atomic E-state index is 12.2. The Balaban J connectivity index is 1.91. The predicted octanol–water partition coefficient (Wildman–Crippen LogP) is 0.888. The molecule has 2 rings (SSSR count). The van der Waals surface area contributed by atoms with Crippen molar-refractivity contribution in [1.82, 2.24) is 10.6 Å². The van der Waals surface area contributed by atoms with Gasteiger partial charge in [-0.1, -0.05) is 6.92 Å². The van der Waals surface area contributed by atoms with Gasteiger partial charge in [0.15, 0.2) is 0 Å². The molecular weight excluding hydrogens is 232 g/mol. The molecule has 2 aliphatic rings. The van der Waals surface area contributed by atoms with Crippen molar-refractivity contribution in [1.29, 1.82) is 0 Å². The summed E-state index contributed by atoms with van der Waals surface area (Å²) in [6.45, 7) is 3.02. The number of hydrogen-bond acceptors (Lipinski definition) is 3. The van der Waals surface area contributed by atoms with E-state index in [0.717, 1.165) is 38.6 Å². The van der Waals surface area contributed by atoms with E-state index in [4.69, 9.17) is 5.11 Å². The van der Waals surface area contributed by atoms with Crippen LogP contribution in [0.15, 0.2) is 0 Å². The highest BCUT2D eigenvalue weighted by atomic mass is 16.4. The molecule has 1 aliphatic heterocycles. The summed E-state index contributed by atoms with van der Waals surface area (Å²) in [4.78, 5) is 23.0. The molecule has 5 heteroatoms. The van der Waals surface area contributed by atoms with Gasteiger partial charge in [0.2, 0.25) is 5.91 Å². The molecule has 2 fully saturated rings. The molecule has 1 saturated carbocycles. The van der Waals surface area contributed by atoms with Crippen LogP contribution in [0.25, 0.3) is 0 Å². The van der Waals surface area contributed by atoms with Gasteiger partial charge in [-0.05, 0) is 44.6 Å². The third-order valence-electron chi connectivity index (χ3n) is 4.17. The van der Waals surface area contributed by atoms with Gasteiger partial charge in [-0.15, -0.1) is 0 Å². The summed E-state index contributed by atoms with van der Waals surface area (Å²) < 4.78 is 0. The van der Waals surface area contributed by atoms with E-state index in [2.05, 4.69) is 17.6 Å². The maximum atomic E-state index is 12.2. The van der Waals surface area contributed by atoms with E-state index in [0.29, 0.717) is 5.92 Å². The average Bonchev–Trinajstić information content (AvgIpc) is 2.25. The molecule has 2 atom stereocenters. The van der Waals surface area contributed by atoms with Crippen LogP contribution in [0.4, 0.5) is 0 Å². The summed E-state index contributed by atoms with van der Waals surface area (Å²) in [5, 5.41) is 15.1. The minimum absolute atomic E-state index is 0.0255. The molecule has 18 heavy (non-hydrogen) atoms. The van der Waals surface area contributed by atoms with Gasteiger partial charge in [-0.3, -0.25) is 9.59 Å². The lowest BCUT2D eigenvalue weighted by Crippen LogP contribution is -2.59. The summed E-state index contributed by atoms with van der Waals surface area (Å²) >= 11 is 0. The lowest BCUT2D eigenvalue weighted by atomic mass is 9.74. The molecule has 1 saturated heterocycles. The Morgan fingerprint density at radius 2 is 2.17 bits per heavy atom. The Morgan fingerprint density at radius 1 is 1.44 bits per heavy atom. The standard InChI is InChI=1S/C13H22N2O3/c1-9-3-6-14-10(7-9)12(18)15-13(4-2-5-13)8-11(16)17/h9-10,14H,2-8H2,1H3,(H,15,18)(H,16,17). The second-order valence-electron chi connectivity index (χ2n) is 5.83. The zero-order valence-corrected chi connectivity index (χ0v) is 10.9. The molecule has 0 radical (unpaired) electrons. The molecule has 5 nitrogen and oxygen atoms in total. The molecular formula is C13H22N2O3. The number of hydrogen-bond donors (Lipinski definition) is 3. The molecule has 1 aliphatic carbocycles. The van der Waals surface area contributed by atoms with Crippen molar-refractivity contribution in [3.8, 4) is 0 Å². The predicted molar refractivity (Wildman–Crippen MR) is 67.2 cm³/mol. The second kappa shape index (κ2) is 5.26. The molecule has 102 valence electrons. The van der Waals surface area contributed by atoms with E-state index in [9.17, 15) is 9.59 Å². The highest BCUT2D eigenvalue weighted by molar-refractivity contribution is 5.83. The number of carboxylic acids is 1. The number of carbonyl (C=O) groups is 2. The minimum Gasteiger partial charge on any atom is -0.481 e. The summed E-state index contributed by atoms with van der Waals surface area (Å²) in [6, 6.07) is -0.153. The molecule has 0 aromatic rings. The van der Waals surface area contributed by atoms with Crippen LogP contribution in [0.1, 0.15) is 45.4 Å². The Labute approximate surface area is 107 Å². The highest BCUT2D eigenvalue weighted by Gasteiger charge is 2.41. The summed E-state index contributed by atoms with van der Waals surface area (Å²) in [7, 11) is 0. The average molecular weight is 254 g/mol. The third kappa shape index (κ3) is 3.02. The minimum atomic E-state index is -0.833. The molecule has 3 N–H and O–H groups in total. The zero-order chi connectivity index (χ0) is 13.2. The Hall–Kier alpha value is -1.10. The van der Waals surface area contributed by atoms with Gasteiger partial charge in [-0.25, -0.2) is 0 Å². The first-order valence-electron chi connectivity index (χ1n) is 6.78. The Morgan fingerprint density at radius 3 is 2.67 bits per heavy atom. The third-order valence-corrected chi connectivity index (χ3v) is 4.17. The van der Waals surface area contributed by atoms with Crippen LogP contribution < -0.4 is 10.6 Å². The molecule has 0 aromatic carbocycles. The van der Waals surface area contributed by atoms with Crippen molar-refractivity contribution < 1.29 is 14.7 Å². The molecule has 2 unspecified atom stereocenters. The molecule has 0 spiro atoms. The zero-order valence-electron chi connectivity index (χ0n) is 10.9. The van der Waals surface area contributed by atoms with Crippen LogP contribution in [0.5, 0.6) is 0 Å². The molecule has 1 amide bonds. The van der Waals surface area contributed by atoms with E-state index in [1.54, 1.807) is 0 Å². The van der Waals surface area contributed by atoms with Gasteiger partial charge in [-0.2, -0.15) is 0 Å². The van der Waals surface area contributed by atoms with Gasteiger partial charge in [0, 0.05) is 0 Å². The topological polar surface area (TPSA) is 78.4 Å². The molecule has 1 heterocycles. The van der Waals surface area contributed by atoms with Crippen molar-refractivity contribution in [2.45, 2.75) is 57.0 Å². The Bertz CT molecular complexity index is 339. The number of rotatable bonds is 4. The van der Waals surface area contributed by atoms with Crippen LogP contribution in [0.3, 0.4) is 0 Å². The van der Waals surface area contributed by atoms with Crippen molar-refractivity contribution in [2.75, 3.05) is 6.54 Å². The number of amides is 1. The van der Waals surface area contributed by atoms with Gasteiger partial charge in [0.1, 0.15) is 0 Å². The van der Waals surface area contributed by atoms with E-state index in [1.165, 1.54) is 0 Å². The number of carbonyl (C=O) groups excluding carboxylic acids is 1. The first-order chi connectivity index (χ1) is 8.51. The molecule has 0 aromatic heterocycles. The first-order valence-corrected chi connectivity index (χ1v) is 6.78. The van der Waals surface area contributed by atoms with Gasteiger partial charge in [0.25, 0.3) is 0 Å². The fraction of sp³-hybridized carbons (Fsp3) is 0.846. The normalized spacial score (nSPS) is 30.3. The lowest BCUT2D eigenvalue weighted by molar-refractivity contribution is -0.140. The summed E-state index contributed by atoms with van der Waals surface area (Å²) in [5.74, 6) is -0.304. The van der Waals surface area contributed by atoms with Crippen molar-refractivity contribution in [3.05, 3.63) is 0 Å². The number of piperidine rings is 1. The van der Waals surface area contributed by atoms with Gasteiger partial charge in [0.05, 0.1) is 18.0 Å². The maximum Gasteiger partial charge on any atom is 0.305 e. The van der Waals surface area contributed by atoms with Crippen LogP contribution in [0.2, 0.25) is 0 Å². The van der Waals surface area contributed by atoms with E-state index < -0.39 is 11.5 Å². The van der Waals surface area contributed by atoms with Gasteiger partial charge < -0.3 is 15.7 Å². The van der Waals surface area contributed by atoms with E-state index >= 15 is 0 Å². The van der Waals surface area contributed by atoms with Gasteiger partial charge >= 0.3 is 5.97 Å². The SMILES string of the molecule is CC1CCNC(C(=O)NC2(CC(=O)O)CCC2)C1. The molecule has 0 bridgehead atoms. The van der Waals surface area contributed by atoms with E-state index in [1.807, 2.05) is 0 Å². The van der Waals surface area contributed by atoms with E-state index in [-0.39, 0.29) is 18.4 Å². The first kappa shape index (κ1) is 13.3. The Kier molecular flexibility index (Phi) is 3.90. The quantitative estimate of drug-likeness (QED) is 0.696. The second-order valence-corrected chi connectivity index (χ2v) is 5.83. The largest absolute Gasteiger partial charge is 0.481 e. The fourth-order valence-corrected chi connectivity index (χ4v) is 2.89. The van der Waals surface area contributed by atoms with Crippen molar-refractivity contribution in [3.63, 3.8) is 0 Å². The van der Waals surface area contributed by atoms with Crippen LogP contribution >= 0.6 is 0 Å². The number of carboxylic acid groups (broad SMARTS) is 1. The monoisotopic (exact) mass is 254 g/mol. The highest BCUT2D eigenvalue weighted by Crippen LogP contribution is 2.35. The van der Waals surface area contributed by atoms with Crippen molar-refractivity contribution in [2.24, 2.45) is 5.92 Å². The summed E-state index contributed by atoms with van der Waals surface area (Å²) in [5.41, 5.74) is -0.481. The number of nitrogens with one attached hydrogen (secondary N) is 2. The number of aliphatic carboxylic acids is 1. The lowest BCUT2D eigenvalue weighted by Gasteiger charge is -2.43. The van der Waals surface area contributed by atoms with Crippen LogP contribution in [0, 0.1) is 5.92 Å². The van der Waals surface area contributed by atoms with Crippen LogP contribution in [-0.2, 0) is 9.59 Å². The smallest absolute Gasteiger partial charge is 0.305 e.